The zero-order chi connectivity index (χ0) is 22.7. The number of aryl methyl sites for hydroxylation is 2. The van der Waals surface area contributed by atoms with Crippen LogP contribution in [0.5, 0.6) is 5.75 Å². The monoisotopic (exact) mass is 450 g/mol. The number of amides is 1. The molecule has 0 radical (unpaired) electrons. The molecule has 1 aliphatic rings. The summed E-state index contributed by atoms with van der Waals surface area (Å²) < 4.78 is 5.98. The number of nitrogens with zero attached hydrogens (tertiary/aromatic N) is 4. The average Bonchev–Trinajstić information content (AvgIpc) is 2.81. The molecule has 1 amide bonds. The zero-order valence-electron chi connectivity index (χ0n) is 18.6. The van der Waals surface area contributed by atoms with Crippen LogP contribution in [0.2, 0.25) is 5.02 Å². The van der Waals surface area contributed by atoms with Crippen molar-refractivity contribution in [2.75, 3.05) is 31.1 Å². The molecule has 3 aromatic rings. The number of benzene rings is 2. The molecule has 2 heterocycles. The Bertz CT molecular complexity index is 1100. The highest BCUT2D eigenvalue weighted by molar-refractivity contribution is 6.33. The second-order valence-electron chi connectivity index (χ2n) is 8.10. The number of halogens is 1. The van der Waals surface area contributed by atoms with E-state index in [2.05, 4.69) is 15.1 Å². The first-order chi connectivity index (χ1) is 15.4. The Labute approximate surface area is 193 Å². The largest absolute Gasteiger partial charge is 0.481 e. The van der Waals surface area contributed by atoms with Crippen molar-refractivity contribution in [1.29, 1.82) is 0 Å². The van der Waals surface area contributed by atoms with Gasteiger partial charge in [-0.1, -0.05) is 41.9 Å². The van der Waals surface area contributed by atoms with Gasteiger partial charge in [0.1, 0.15) is 5.75 Å². The van der Waals surface area contributed by atoms with Gasteiger partial charge in [-0.2, -0.15) is 0 Å². The Balaban J connectivity index is 1.35. The molecule has 1 aliphatic heterocycles. The fourth-order valence-electron chi connectivity index (χ4n) is 3.79. The van der Waals surface area contributed by atoms with Crippen molar-refractivity contribution in [3.63, 3.8) is 0 Å². The Morgan fingerprint density at radius 3 is 2.44 bits per heavy atom. The van der Waals surface area contributed by atoms with Crippen LogP contribution in [-0.4, -0.2) is 53.3 Å². The molecular weight excluding hydrogens is 424 g/mol. The van der Waals surface area contributed by atoms with E-state index in [1.54, 1.807) is 0 Å². The van der Waals surface area contributed by atoms with Crippen molar-refractivity contribution in [2.24, 2.45) is 0 Å². The van der Waals surface area contributed by atoms with E-state index in [9.17, 15) is 4.79 Å². The van der Waals surface area contributed by atoms with E-state index in [0.29, 0.717) is 31.2 Å². The molecule has 1 aromatic heterocycles. The zero-order valence-corrected chi connectivity index (χ0v) is 19.3. The first-order valence-electron chi connectivity index (χ1n) is 10.8. The van der Waals surface area contributed by atoms with E-state index in [0.717, 1.165) is 34.0 Å². The second-order valence-corrected chi connectivity index (χ2v) is 8.51. The van der Waals surface area contributed by atoms with Crippen molar-refractivity contribution in [2.45, 2.75) is 26.9 Å². The average molecular weight is 451 g/mol. The molecule has 0 bridgehead atoms. The van der Waals surface area contributed by atoms with Crippen LogP contribution in [0, 0.1) is 13.8 Å². The van der Waals surface area contributed by atoms with Crippen LogP contribution in [0.15, 0.2) is 54.6 Å². The second kappa shape index (κ2) is 9.57. The topological polar surface area (TPSA) is 58.6 Å². The van der Waals surface area contributed by atoms with Crippen LogP contribution >= 0.6 is 11.6 Å². The van der Waals surface area contributed by atoms with Crippen LogP contribution in [0.4, 0.5) is 5.82 Å². The third-order valence-electron chi connectivity index (χ3n) is 5.71. The number of anilines is 1. The predicted molar refractivity (Wildman–Crippen MR) is 127 cm³/mol. The highest BCUT2D eigenvalue weighted by Crippen LogP contribution is 2.26. The molecule has 1 atom stereocenters. The summed E-state index contributed by atoms with van der Waals surface area (Å²) in [5.41, 5.74) is 3.74. The number of rotatable bonds is 5. The first kappa shape index (κ1) is 22.1. The molecule has 0 saturated carbocycles. The molecular formula is C25H27ClN4O2. The molecule has 0 spiro atoms. The van der Waals surface area contributed by atoms with Crippen molar-refractivity contribution in [3.05, 3.63) is 70.7 Å². The molecule has 1 saturated heterocycles. The van der Waals surface area contributed by atoms with Gasteiger partial charge >= 0.3 is 0 Å². The summed E-state index contributed by atoms with van der Waals surface area (Å²) in [5.74, 6) is 1.57. The standard InChI is InChI=1S/C25H27ClN4O2/c1-17-8-9-18(2)23(16-17)32-19(3)25(31)30-14-12-29(13-15-30)24-11-10-22(27-28-24)20-6-4-5-7-21(20)26/h4-11,16,19H,12-15H2,1-3H3. The first-order valence-corrected chi connectivity index (χ1v) is 11.2. The number of carbonyl (C=O) groups is 1. The Hall–Kier alpha value is -3.12. The molecule has 0 aliphatic carbocycles. The van der Waals surface area contributed by atoms with Crippen LogP contribution < -0.4 is 9.64 Å². The molecule has 7 heteroatoms. The summed E-state index contributed by atoms with van der Waals surface area (Å²) in [7, 11) is 0. The highest BCUT2D eigenvalue weighted by Gasteiger charge is 2.27. The van der Waals surface area contributed by atoms with Gasteiger partial charge in [-0.05, 0) is 56.2 Å². The van der Waals surface area contributed by atoms with Gasteiger partial charge in [-0.25, -0.2) is 0 Å². The fraction of sp³-hybridized carbons (Fsp3) is 0.320. The Morgan fingerprint density at radius 1 is 1.00 bits per heavy atom. The molecule has 6 nitrogen and oxygen atoms in total. The lowest BCUT2D eigenvalue weighted by Gasteiger charge is -2.36. The smallest absolute Gasteiger partial charge is 0.263 e. The molecule has 166 valence electrons. The maximum absolute atomic E-state index is 12.9. The van der Waals surface area contributed by atoms with E-state index in [-0.39, 0.29) is 5.91 Å². The SMILES string of the molecule is Cc1ccc(C)c(OC(C)C(=O)N2CCN(c3ccc(-c4ccccc4Cl)nn3)CC2)c1. The maximum Gasteiger partial charge on any atom is 0.263 e. The maximum atomic E-state index is 12.9. The van der Waals surface area contributed by atoms with Crippen molar-refractivity contribution >= 4 is 23.3 Å². The summed E-state index contributed by atoms with van der Waals surface area (Å²) >= 11 is 6.26. The van der Waals surface area contributed by atoms with Crippen LogP contribution in [-0.2, 0) is 4.79 Å². The summed E-state index contributed by atoms with van der Waals surface area (Å²) in [6.45, 7) is 8.45. The van der Waals surface area contributed by atoms with E-state index < -0.39 is 6.10 Å². The summed E-state index contributed by atoms with van der Waals surface area (Å²) in [6, 6.07) is 17.5. The van der Waals surface area contributed by atoms with E-state index in [1.165, 1.54) is 0 Å². The van der Waals surface area contributed by atoms with Gasteiger partial charge in [-0.15, -0.1) is 10.2 Å². The molecule has 2 aromatic carbocycles. The minimum atomic E-state index is -0.531. The number of hydrogen-bond donors (Lipinski definition) is 0. The van der Waals surface area contributed by atoms with E-state index in [1.807, 2.05) is 80.3 Å². The summed E-state index contributed by atoms with van der Waals surface area (Å²) in [5, 5.41) is 9.39. The van der Waals surface area contributed by atoms with Crippen molar-refractivity contribution < 1.29 is 9.53 Å². The Morgan fingerprint density at radius 2 is 1.75 bits per heavy atom. The minimum Gasteiger partial charge on any atom is -0.481 e. The third kappa shape index (κ3) is 4.86. The van der Waals surface area contributed by atoms with Gasteiger partial charge in [0.05, 0.1) is 10.7 Å². The lowest BCUT2D eigenvalue weighted by atomic mass is 10.1. The molecule has 1 unspecified atom stereocenters. The van der Waals surface area contributed by atoms with Crippen LogP contribution in [0.25, 0.3) is 11.3 Å². The van der Waals surface area contributed by atoms with Crippen LogP contribution in [0.3, 0.4) is 0 Å². The fourth-order valence-corrected chi connectivity index (χ4v) is 4.03. The summed E-state index contributed by atoms with van der Waals surface area (Å²) in [6.07, 6.45) is -0.531. The number of ether oxygens (including phenoxy) is 1. The lowest BCUT2D eigenvalue weighted by molar-refractivity contribution is -0.138. The molecule has 32 heavy (non-hydrogen) atoms. The highest BCUT2D eigenvalue weighted by atomic mass is 35.5. The summed E-state index contributed by atoms with van der Waals surface area (Å²) in [4.78, 5) is 16.9. The molecule has 4 rings (SSSR count). The van der Waals surface area contributed by atoms with Gasteiger partial charge in [-0.3, -0.25) is 4.79 Å². The molecule has 0 N–H and O–H groups in total. The Kier molecular flexibility index (Phi) is 6.61. The third-order valence-corrected chi connectivity index (χ3v) is 6.04. The van der Waals surface area contributed by atoms with Crippen molar-refractivity contribution in [1.82, 2.24) is 15.1 Å². The predicted octanol–water partition coefficient (Wildman–Crippen LogP) is 4.53. The quantitative estimate of drug-likeness (QED) is 0.571. The number of carbonyl (C=O) groups excluding carboxylic acids is 1. The molecule has 1 fully saturated rings. The van der Waals surface area contributed by atoms with Crippen LogP contribution in [0.1, 0.15) is 18.1 Å². The number of piperazine rings is 1. The number of hydrogen-bond acceptors (Lipinski definition) is 5. The van der Waals surface area contributed by atoms with Gasteiger partial charge < -0.3 is 14.5 Å². The lowest BCUT2D eigenvalue weighted by Crippen LogP contribution is -2.52. The van der Waals surface area contributed by atoms with Gasteiger partial charge in [0.15, 0.2) is 11.9 Å². The van der Waals surface area contributed by atoms with Crippen molar-refractivity contribution in [3.8, 4) is 17.0 Å². The van der Waals surface area contributed by atoms with Gasteiger partial charge in [0.25, 0.3) is 5.91 Å². The van der Waals surface area contributed by atoms with Gasteiger partial charge in [0, 0.05) is 31.7 Å². The minimum absolute atomic E-state index is 0.00528. The van der Waals surface area contributed by atoms with E-state index in [4.69, 9.17) is 16.3 Å². The normalized spacial score (nSPS) is 14.9. The van der Waals surface area contributed by atoms with Gasteiger partial charge in [0.2, 0.25) is 0 Å². The van der Waals surface area contributed by atoms with E-state index >= 15 is 0 Å². The number of aromatic nitrogens is 2.